The summed E-state index contributed by atoms with van der Waals surface area (Å²) >= 11 is 1.07. The molecule has 0 aliphatic carbocycles. The molecule has 1 heterocycles. The second-order valence-corrected chi connectivity index (χ2v) is 6.35. The van der Waals surface area contributed by atoms with Crippen LogP contribution in [0.1, 0.15) is 5.56 Å². The van der Waals surface area contributed by atoms with Crippen LogP contribution in [-0.4, -0.2) is 8.42 Å². The highest BCUT2D eigenvalue weighted by Gasteiger charge is 2.16. The molecule has 0 radical (unpaired) electrons. The van der Waals surface area contributed by atoms with Crippen molar-refractivity contribution in [3.63, 3.8) is 0 Å². The summed E-state index contributed by atoms with van der Waals surface area (Å²) in [6.45, 7) is 0. The first-order valence-corrected chi connectivity index (χ1v) is 7.31. The minimum absolute atomic E-state index is 0.172. The Labute approximate surface area is 110 Å². The summed E-state index contributed by atoms with van der Waals surface area (Å²) < 4.78 is 26.6. The van der Waals surface area contributed by atoms with Gasteiger partial charge >= 0.3 is 0 Å². The lowest BCUT2D eigenvalue weighted by Gasteiger charge is -2.06. The van der Waals surface area contributed by atoms with E-state index < -0.39 is 10.0 Å². The minimum atomic E-state index is -3.60. The van der Waals surface area contributed by atoms with Crippen LogP contribution in [0.15, 0.2) is 39.9 Å². The zero-order chi connectivity index (χ0) is 13.2. The van der Waals surface area contributed by atoms with Crippen molar-refractivity contribution in [1.29, 1.82) is 0 Å². The molecule has 0 fully saturated rings. The van der Waals surface area contributed by atoms with E-state index in [1.165, 1.54) is 6.07 Å². The number of sulfonamides is 1. The van der Waals surface area contributed by atoms with Gasteiger partial charge in [-0.05, 0) is 24.3 Å². The predicted octanol–water partition coefficient (Wildman–Crippen LogP) is 2.11. The normalized spacial score (nSPS) is 10.8. The highest BCUT2D eigenvalue weighted by atomic mass is 32.2. The molecule has 0 aliphatic rings. The van der Waals surface area contributed by atoms with Crippen LogP contribution in [0.4, 0.5) is 11.4 Å². The third kappa shape index (κ3) is 2.64. The topological polar surface area (TPSA) is 72.2 Å². The molecule has 0 atom stereocenters. The van der Waals surface area contributed by atoms with Crippen molar-refractivity contribution in [2.45, 2.75) is 4.21 Å². The van der Waals surface area contributed by atoms with Crippen molar-refractivity contribution >= 4 is 32.7 Å². The van der Waals surface area contributed by atoms with E-state index in [1.807, 2.05) is 0 Å². The first-order chi connectivity index (χ1) is 8.51. The van der Waals surface area contributed by atoms with Crippen LogP contribution in [0.5, 0.6) is 0 Å². The van der Waals surface area contributed by atoms with Crippen molar-refractivity contribution in [1.82, 2.24) is 0 Å². The van der Waals surface area contributed by atoms with E-state index in [4.69, 9.17) is 12.2 Å². The average Bonchev–Trinajstić information content (AvgIpc) is 2.76. The third-order valence-corrected chi connectivity index (χ3v) is 4.98. The molecule has 0 spiro atoms. The Morgan fingerprint density at radius 3 is 2.72 bits per heavy atom. The molecule has 6 heteroatoms. The van der Waals surface area contributed by atoms with E-state index in [9.17, 15) is 8.42 Å². The second kappa shape index (κ2) is 4.72. The summed E-state index contributed by atoms with van der Waals surface area (Å²) in [5, 5.41) is 1.58. The summed E-state index contributed by atoms with van der Waals surface area (Å²) in [5.74, 6) is 2.44. The smallest absolute Gasteiger partial charge is 0.271 e. The van der Waals surface area contributed by atoms with Gasteiger partial charge in [0, 0.05) is 16.6 Å². The largest absolute Gasteiger partial charge is 0.398 e. The SMILES string of the molecule is C#Cc1cccc(NS(=O)(=O)c2cc(N)cs2)c1. The molecule has 0 bridgehead atoms. The second-order valence-electron chi connectivity index (χ2n) is 3.53. The molecular weight excluding hydrogens is 268 g/mol. The maximum atomic E-state index is 12.0. The zero-order valence-electron chi connectivity index (χ0n) is 9.25. The van der Waals surface area contributed by atoms with E-state index in [2.05, 4.69) is 10.6 Å². The number of hydrogen-bond acceptors (Lipinski definition) is 4. The van der Waals surface area contributed by atoms with Gasteiger partial charge in [-0.2, -0.15) is 0 Å². The summed E-state index contributed by atoms with van der Waals surface area (Å²) in [6.07, 6.45) is 5.26. The van der Waals surface area contributed by atoms with Gasteiger partial charge < -0.3 is 5.73 Å². The molecule has 18 heavy (non-hydrogen) atoms. The maximum Gasteiger partial charge on any atom is 0.271 e. The molecule has 2 aromatic rings. The van der Waals surface area contributed by atoms with Crippen LogP contribution in [0.3, 0.4) is 0 Å². The highest BCUT2D eigenvalue weighted by Crippen LogP contribution is 2.24. The fourth-order valence-electron chi connectivity index (χ4n) is 1.35. The number of nitrogens with one attached hydrogen (secondary N) is 1. The van der Waals surface area contributed by atoms with E-state index in [-0.39, 0.29) is 4.21 Å². The van der Waals surface area contributed by atoms with E-state index >= 15 is 0 Å². The number of rotatable bonds is 3. The van der Waals surface area contributed by atoms with Crippen LogP contribution in [0.2, 0.25) is 0 Å². The lowest BCUT2D eigenvalue weighted by molar-refractivity contribution is 0.603. The average molecular weight is 278 g/mol. The summed E-state index contributed by atoms with van der Waals surface area (Å²) in [6, 6.07) is 8.05. The number of nitrogens with two attached hydrogens (primary N) is 1. The molecule has 0 saturated heterocycles. The van der Waals surface area contributed by atoms with Crippen LogP contribution in [0, 0.1) is 12.3 Å². The maximum absolute atomic E-state index is 12.0. The molecule has 4 nitrogen and oxygen atoms in total. The standard InChI is InChI=1S/C12H10N2O2S2/c1-2-9-4-3-5-11(6-9)14-18(15,16)12-7-10(13)8-17-12/h1,3-8,14H,13H2. The molecular formula is C12H10N2O2S2. The van der Waals surface area contributed by atoms with Gasteiger partial charge in [0.25, 0.3) is 10.0 Å². The van der Waals surface area contributed by atoms with Gasteiger partial charge in [-0.1, -0.05) is 12.0 Å². The Balaban J connectivity index is 2.31. The molecule has 92 valence electrons. The summed E-state index contributed by atoms with van der Waals surface area (Å²) in [7, 11) is -3.60. The lowest BCUT2D eigenvalue weighted by Crippen LogP contribution is -2.11. The van der Waals surface area contributed by atoms with Crippen LogP contribution >= 0.6 is 11.3 Å². The van der Waals surface area contributed by atoms with Gasteiger partial charge in [-0.3, -0.25) is 4.72 Å². The molecule has 0 amide bonds. The first-order valence-electron chi connectivity index (χ1n) is 4.95. The van der Waals surface area contributed by atoms with Crippen molar-refractivity contribution in [2.24, 2.45) is 0 Å². The van der Waals surface area contributed by atoms with Gasteiger partial charge in [0.2, 0.25) is 0 Å². The van der Waals surface area contributed by atoms with Crippen molar-refractivity contribution in [3.05, 3.63) is 41.3 Å². The van der Waals surface area contributed by atoms with Gasteiger partial charge in [-0.25, -0.2) is 8.42 Å². The number of benzene rings is 1. The van der Waals surface area contributed by atoms with Crippen molar-refractivity contribution in [2.75, 3.05) is 10.5 Å². The van der Waals surface area contributed by atoms with E-state index in [0.29, 0.717) is 16.9 Å². The Kier molecular flexibility index (Phi) is 3.28. The Bertz CT molecular complexity index is 712. The quantitative estimate of drug-likeness (QED) is 0.845. The van der Waals surface area contributed by atoms with Gasteiger partial charge in [0.05, 0.1) is 5.69 Å². The number of nitrogen functional groups attached to an aromatic ring is 1. The van der Waals surface area contributed by atoms with Crippen LogP contribution in [-0.2, 0) is 10.0 Å². The fraction of sp³-hybridized carbons (Fsp3) is 0. The van der Waals surface area contributed by atoms with Gasteiger partial charge in [-0.15, -0.1) is 17.8 Å². The lowest BCUT2D eigenvalue weighted by atomic mass is 10.2. The van der Waals surface area contributed by atoms with E-state index in [1.54, 1.807) is 29.6 Å². The summed E-state index contributed by atoms with van der Waals surface area (Å²) in [5.41, 5.74) is 6.97. The summed E-state index contributed by atoms with van der Waals surface area (Å²) in [4.78, 5) is 0. The number of thiophene rings is 1. The Morgan fingerprint density at radius 2 is 2.11 bits per heavy atom. The predicted molar refractivity (Wildman–Crippen MR) is 73.9 cm³/mol. The van der Waals surface area contributed by atoms with Crippen LogP contribution in [0.25, 0.3) is 0 Å². The van der Waals surface area contributed by atoms with Gasteiger partial charge in [0.1, 0.15) is 4.21 Å². The van der Waals surface area contributed by atoms with Crippen molar-refractivity contribution < 1.29 is 8.42 Å². The third-order valence-electron chi connectivity index (χ3n) is 2.14. The number of terminal acetylenes is 1. The van der Waals surface area contributed by atoms with E-state index in [0.717, 1.165) is 11.3 Å². The monoisotopic (exact) mass is 278 g/mol. The molecule has 2 rings (SSSR count). The van der Waals surface area contributed by atoms with Gasteiger partial charge in [0.15, 0.2) is 0 Å². The number of hydrogen-bond donors (Lipinski definition) is 2. The number of anilines is 2. The first kappa shape index (κ1) is 12.5. The molecule has 3 N–H and O–H groups in total. The highest BCUT2D eigenvalue weighted by molar-refractivity contribution is 7.94. The Hall–Kier alpha value is -1.97. The minimum Gasteiger partial charge on any atom is -0.398 e. The molecule has 0 saturated carbocycles. The molecule has 1 aromatic carbocycles. The van der Waals surface area contributed by atoms with Crippen LogP contribution < -0.4 is 10.5 Å². The van der Waals surface area contributed by atoms with Crippen molar-refractivity contribution in [3.8, 4) is 12.3 Å². The Morgan fingerprint density at radius 1 is 1.33 bits per heavy atom. The zero-order valence-corrected chi connectivity index (χ0v) is 10.9. The molecule has 0 aliphatic heterocycles. The molecule has 1 aromatic heterocycles. The fourth-order valence-corrected chi connectivity index (χ4v) is 3.48. The molecule has 0 unspecified atom stereocenters.